The van der Waals surface area contributed by atoms with Gasteiger partial charge in [-0.25, -0.2) is 0 Å². The summed E-state index contributed by atoms with van der Waals surface area (Å²) in [7, 11) is 3.16. The van der Waals surface area contributed by atoms with Gasteiger partial charge in [0.1, 0.15) is 0 Å². The lowest BCUT2D eigenvalue weighted by atomic mass is 10.2. The molecule has 0 heterocycles. The standard InChI is InChI=1S/C10H9BrO2/c1-4-7-5-9(12-2)10(13-3)6-8(7)11/h1,5-6H,2-3H3. The van der Waals surface area contributed by atoms with Gasteiger partial charge in [0.2, 0.25) is 0 Å². The zero-order chi connectivity index (χ0) is 9.84. The Morgan fingerprint density at radius 3 is 2.23 bits per heavy atom. The van der Waals surface area contributed by atoms with E-state index in [2.05, 4.69) is 21.9 Å². The van der Waals surface area contributed by atoms with Gasteiger partial charge in [0, 0.05) is 16.1 Å². The number of terminal acetylenes is 1. The molecular weight excluding hydrogens is 232 g/mol. The molecule has 0 atom stereocenters. The van der Waals surface area contributed by atoms with Crippen LogP contribution in [0.15, 0.2) is 16.6 Å². The Hall–Kier alpha value is -1.14. The third kappa shape index (κ3) is 1.96. The molecule has 1 aromatic rings. The first kappa shape index (κ1) is 9.94. The number of rotatable bonds is 2. The maximum Gasteiger partial charge on any atom is 0.162 e. The molecule has 0 saturated carbocycles. The van der Waals surface area contributed by atoms with E-state index in [0.29, 0.717) is 11.5 Å². The average Bonchev–Trinajstić information content (AvgIpc) is 2.17. The summed E-state index contributed by atoms with van der Waals surface area (Å²) < 4.78 is 11.0. The van der Waals surface area contributed by atoms with Gasteiger partial charge in [-0.15, -0.1) is 6.42 Å². The Bertz CT molecular complexity index is 353. The Morgan fingerprint density at radius 2 is 1.77 bits per heavy atom. The normalized spacial score (nSPS) is 9.08. The van der Waals surface area contributed by atoms with Crippen LogP contribution in [0.4, 0.5) is 0 Å². The van der Waals surface area contributed by atoms with E-state index in [1.165, 1.54) is 0 Å². The maximum atomic E-state index is 5.29. The van der Waals surface area contributed by atoms with Crippen molar-refractivity contribution in [3.05, 3.63) is 22.2 Å². The molecule has 0 amide bonds. The Kier molecular flexibility index (Phi) is 3.21. The molecule has 2 nitrogen and oxygen atoms in total. The van der Waals surface area contributed by atoms with Crippen molar-refractivity contribution >= 4 is 15.9 Å². The van der Waals surface area contributed by atoms with E-state index < -0.39 is 0 Å². The molecule has 0 spiro atoms. The molecule has 0 fully saturated rings. The maximum absolute atomic E-state index is 5.29. The predicted octanol–water partition coefficient (Wildman–Crippen LogP) is 2.45. The van der Waals surface area contributed by atoms with Crippen LogP contribution < -0.4 is 9.47 Å². The molecule has 13 heavy (non-hydrogen) atoms. The van der Waals surface area contributed by atoms with Crippen molar-refractivity contribution in [2.24, 2.45) is 0 Å². The SMILES string of the molecule is C#Cc1cc(OC)c(OC)cc1Br. The largest absolute Gasteiger partial charge is 0.493 e. The summed E-state index contributed by atoms with van der Waals surface area (Å²) in [6, 6.07) is 3.54. The van der Waals surface area contributed by atoms with Crippen molar-refractivity contribution in [2.45, 2.75) is 0 Å². The van der Waals surface area contributed by atoms with Gasteiger partial charge in [-0.2, -0.15) is 0 Å². The van der Waals surface area contributed by atoms with E-state index >= 15 is 0 Å². The minimum absolute atomic E-state index is 0.638. The van der Waals surface area contributed by atoms with Crippen LogP contribution in [0.3, 0.4) is 0 Å². The molecule has 0 N–H and O–H groups in total. The molecule has 1 aromatic carbocycles. The van der Waals surface area contributed by atoms with Crippen molar-refractivity contribution < 1.29 is 9.47 Å². The van der Waals surface area contributed by atoms with Crippen LogP contribution in [-0.4, -0.2) is 14.2 Å². The monoisotopic (exact) mass is 240 g/mol. The van der Waals surface area contributed by atoms with Crippen LogP contribution in [-0.2, 0) is 0 Å². The molecule has 0 aromatic heterocycles. The van der Waals surface area contributed by atoms with Crippen molar-refractivity contribution in [1.29, 1.82) is 0 Å². The molecule has 0 saturated heterocycles. The van der Waals surface area contributed by atoms with Crippen LogP contribution >= 0.6 is 15.9 Å². The smallest absolute Gasteiger partial charge is 0.162 e. The molecule has 0 aliphatic rings. The second-order valence-corrected chi connectivity index (χ2v) is 3.19. The number of benzene rings is 1. The third-order valence-corrected chi connectivity index (χ3v) is 2.28. The minimum Gasteiger partial charge on any atom is -0.493 e. The average molecular weight is 241 g/mol. The highest BCUT2D eigenvalue weighted by atomic mass is 79.9. The number of halogens is 1. The first-order valence-electron chi connectivity index (χ1n) is 3.61. The van der Waals surface area contributed by atoms with E-state index in [4.69, 9.17) is 15.9 Å². The quantitative estimate of drug-likeness (QED) is 0.740. The molecule has 0 radical (unpaired) electrons. The van der Waals surface area contributed by atoms with Gasteiger partial charge in [-0.3, -0.25) is 0 Å². The van der Waals surface area contributed by atoms with E-state index in [1.54, 1.807) is 26.4 Å². The first-order chi connectivity index (χ1) is 6.22. The van der Waals surface area contributed by atoms with E-state index in [9.17, 15) is 0 Å². The van der Waals surface area contributed by atoms with Crippen LogP contribution in [0.5, 0.6) is 11.5 Å². The molecule has 1 rings (SSSR count). The second kappa shape index (κ2) is 4.20. The topological polar surface area (TPSA) is 18.5 Å². The van der Waals surface area contributed by atoms with E-state index in [-0.39, 0.29) is 0 Å². The number of hydrogen-bond acceptors (Lipinski definition) is 2. The predicted molar refractivity (Wildman–Crippen MR) is 55.2 cm³/mol. The lowest BCUT2D eigenvalue weighted by Gasteiger charge is -2.08. The number of methoxy groups -OCH3 is 2. The van der Waals surface area contributed by atoms with Crippen LogP contribution in [0.1, 0.15) is 5.56 Å². The Morgan fingerprint density at radius 1 is 1.23 bits per heavy atom. The Labute approximate surface area is 86.0 Å². The van der Waals surface area contributed by atoms with Crippen molar-refractivity contribution in [2.75, 3.05) is 14.2 Å². The molecule has 3 heteroatoms. The van der Waals surface area contributed by atoms with Gasteiger partial charge >= 0.3 is 0 Å². The zero-order valence-electron chi connectivity index (χ0n) is 7.43. The zero-order valence-corrected chi connectivity index (χ0v) is 9.01. The molecule has 0 unspecified atom stereocenters. The van der Waals surface area contributed by atoms with Crippen molar-refractivity contribution in [1.82, 2.24) is 0 Å². The van der Waals surface area contributed by atoms with Gasteiger partial charge in [-0.1, -0.05) is 5.92 Å². The van der Waals surface area contributed by atoms with E-state index in [0.717, 1.165) is 10.0 Å². The van der Waals surface area contributed by atoms with Crippen LogP contribution in [0, 0.1) is 12.3 Å². The molecule has 0 aliphatic heterocycles. The molecule has 0 aliphatic carbocycles. The molecule has 68 valence electrons. The van der Waals surface area contributed by atoms with Gasteiger partial charge in [0.25, 0.3) is 0 Å². The third-order valence-electron chi connectivity index (χ3n) is 1.63. The van der Waals surface area contributed by atoms with Gasteiger partial charge < -0.3 is 9.47 Å². The highest BCUT2D eigenvalue weighted by molar-refractivity contribution is 9.10. The summed E-state index contributed by atoms with van der Waals surface area (Å²) in [5.41, 5.74) is 0.748. The van der Waals surface area contributed by atoms with E-state index in [1.807, 2.05) is 0 Å². The van der Waals surface area contributed by atoms with Crippen LogP contribution in [0.25, 0.3) is 0 Å². The summed E-state index contributed by atoms with van der Waals surface area (Å²) in [5.74, 6) is 3.84. The number of ether oxygens (including phenoxy) is 2. The fraction of sp³-hybridized carbons (Fsp3) is 0.200. The molecule has 0 bridgehead atoms. The first-order valence-corrected chi connectivity index (χ1v) is 4.40. The lowest BCUT2D eigenvalue weighted by Crippen LogP contribution is -1.91. The minimum atomic E-state index is 0.638. The summed E-state index contributed by atoms with van der Waals surface area (Å²) in [6.45, 7) is 0. The highest BCUT2D eigenvalue weighted by Gasteiger charge is 2.07. The molecular formula is C10H9BrO2. The van der Waals surface area contributed by atoms with Crippen LogP contribution in [0.2, 0.25) is 0 Å². The fourth-order valence-corrected chi connectivity index (χ4v) is 1.40. The van der Waals surface area contributed by atoms with Crippen molar-refractivity contribution in [3.63, 3.8) is 0 Å². The Balaban J connectivity index is 3.28. The number of hydrogen-bond donors (Lipinski definition) is 0. The van der Waals surface area contributed by atoms with Gasteiger partial charge in [-0.05, 0) is 22.0 Å². The summed E-state index contributed by atoms with van der Waals surface area (Å²) in [6.07, 6.45) is 5.29. The highest BCUT2D eigenvalue weighted by Crippen LogP contribution is 2.32. The fourth-order valence-electron chi connectivity index (χ4n) is 0.965. The second-order valence-electron chi connectivity index (χ2n) is 2.33. The summed E-state index contributed by atoms with van der Waals surface area (Å²) in [4.78, 5) is 0. The van der Waals surface area contributed by atoms with Gasteiger partial charge in [0.15, 0.2) is 11.5 Å². The van der Waals surface area contributed by atoms with Crippen molar-refractivity contribution in [3.8, 4) is 23.8 Å². The van der Waals surface area contributed by atoms with Gasteiger partial charge in [0.05, 0.1) is 14.2 Å². The summed E-state index contributed by atoms with van der Waals surface area (Å²) in [5, 5.41) is 0. The lowest BCUT2D eigenvalue weighted by molar-refractivity contribution is 0.354. The summed E-state index contributed by atoms with van der Waals surface area (Å²) >= 11 is 3.33.